The van der Waals surface area contributed by atoms with Gasteiger partial charge in [-0.1, -0.05) is 35.2 Å². The highest BCUT2D eigenvalue weighted by Crippen LogP contribution is 2.52. The summed E-state index contributed by atoms with van der Waals surface area (Å²) < 4.78 is 13.3. The summed E-state index contributed by atoms with van der Waals surface area (Å²) in [7, 11) is 0. The molecule has 1 spiro atoms. The fourth-order valence-electron chi connectivity index (χ4n) is 4.00. The monoisotopic (exact) mass is 351 g/mol. The molecular weight excluding hydrogens is 330 g/mol. The van der Waals surface area contributed by atoms with E-state index in [-0.39, 0.29) is 11.2 Å². The van der Waals surface area contributed by atoms with Gasteiger partial charge in [-0.05, 0) is 37.0 Å². The molecule has 1 heterocycles. The molecule has 2 N–H and O–H groups in total. The zero-order valence-corrected chi connectivity index (χ0v) is 13.9. The van der Waals surface area contributed by atoms with Gasteiger partial charge < -0.3 is 15.2 Å². The average molecular weight is 352 g/mol. The maximum absolute atomic E-state index is 6.18. The second-order valence-corrected chi connectivity index (χ2v) is 7.65. The average Bonchev–Trinajstić information content (AvgIpc) is 2.86. The van der Waals surface area contributed by atoms with Crippen LogP contribution in [-0.2, 0) is 5.41 Å². The maximum Gasteiger partial charge on any atom is 0.251 e. The molecule has 4 heteroatoms. The van der Waals surface area contributed by atoms with Crippen molar-refractivity contribution in [2.45, 2.75) is 62.6 Å². The van der Waals surface area contributed by atoms with Crippen LogP contribution in [0.4, 0.5) is 0 Å². The standard InChI is InChI=1S/C17H22BrNO2/c18-13-10-15-14(20-17(21-15)7-4-8-17)9-12(13)16(11-19)5-2-1-3-6-16/h9-10H,1-8,11,19H2. The number of ether oxygens (including phenoxy) is 2. The number of fused-ring (bicyclic) bond motifs is 1. The molecule has 0 radical (unpaired) electrons. The molecule has 0 atom stereocenters. The highest BCUT2D eigenvalue weighted by atomic mass is 79.9. The van der Waals surface area contributed by atoms with Crippen LogP contribution in [0.3, 0.4) is 0 Å². The smallest absolute Gasteiger partial charge is 0.251 e. The van der Waals surface area contributed by atoms with E-state index in [1.54, 1.807) is 0 Å². The van der Waals surface area contributed by atoms with E-state index in [0.29, 0.717) is 6.54 Å². The van der Waals surface area contributed by atoms with Gasteiger partial charge >= 0.3 is 0 Å². The van der Waals surface area contributed by atoms with Crippen LogP contribution in [0.25, 0.3) is 0 Å². The highest BCUT2D eigenvalue weighted by molar-refractivity contribution is 9.10. The van der Waals surface area contributed by atoms with Gasteiger partial charge in [-0.2, -0.15) is 0 Å². The van der Waals surface area contributed by atoms with E-state index in [1.165, 1.54) is 44.1 Å². The third kappa shape index (κ3) is 2.10. The lowest BCUT2D eigenvalue weighted by molar-refractivity contribution is -0.138. The summed E-state index contributed by atoms with van der Waals surface area (Å²) in [5, 5.41) is 0. The molecular formula is C17H22BrNO2. The molecule has 2 saturated carbocycles. The molecule has 1 aromatic rings. The Balaban J connectivity index is 1.72. The van der Waals surface area contributed by atoms with Crippen LogP contribution in [-0.4, -0.2) is 12.3 Å². The Morgan fingerprint density at radius 1 is 0.952 bits per heavy atom. The lowest BCUT2D eigenvalue weighted by Crippen LogP contribution is -2.45. The summed E-state index contributed by atoms with van der Waals surface area (Å²) in [6.07, 6.45) is 9.39. The SMILES string of the molecule is NCC1(c2cc3c(cc2Br)OC2(CCC2)O3)CCCCC1. The molecule has 0 amide bonds. The topological polar surface area (TPSA) is 44.5 Å². The second-order valence-electron chi connectivity index (χ2n) is 6.79. The molecule has 4 rings (SSSR count). The van der Waals surface area contributed by atoms with Gasteiger partial charge in [0.25, 0.3) is 5.79 Å². The van der Waals surface area contributed by atoms with Crippen LogP contribution in [0.5, 0.6) is 11.5 Å². The maximum atomic E-state index is 6.18. The molecule has 2 fully saturated rings. The predicted molar refractivity (Wildman–Crippen MR) is 85.8 cm³/mol. The summed E-state index contributed by atoms with van der Waals surface area (Å²) in [6, 6.07) is 4.27. The van der Waals surface area contributed by atoms with Crippen molar-refractivity contribution in [3.8, 4) is 11.5 Å². The van der Waals surface area contributed by atoms with E-state index < -0.39 is 0 Å². The van der Waals surface area contributed by atoms with Gasteiger partial charge in [-0.15, -0.1) is 0 Å². The largest absolute Gasteiger partial charge is 0.448 e. The van der Waals surface area contributed by atoms with Crippen LogP contribution in [0.15, 0.2) is 16.6 Å². The first kappa shape index (κ1) is 13.9. The molecule has 3 aliphatic rings. The van der Waals surface area contributed by atoms with Crippen molar-refractivity contribution in [2.24, 2.45) is 5.73 Å². The molecule has 3 nitrogen and oxygen atoms in total. The zero-order valence-electron chi connectivity index (χ0n) is 12.3. The molecule has 114 valence electrons. The van der Waals surface area contributed by atoms with Crippen molar-refractivity contribution in [1.82, 2.24) is 0 Å². The first-order valence-electron chi connectivity index (χ1n) is 8.09. The molecule has 21 heavy (non-hydrogen) atoms. The predicted octanol–water partition coefficient (Wildman–Crippen LogP) is 4.26. The van der Waals surface area contributed by atoms with E-state index in [0.717, 1.165) is 28.8 Å². The summed E-state index contributed by atoms with van der Waals surface area (Å²) in [5.74, 6) is 1.43. The van der Waals surface area contributed by atoms with Crippen LogP contribution in [0.2, 0.25) is 0 Å². The van der Waals surface area contributed by atoms with Crippen molar-refractivity contribution < 1.29 is 9.47 Å². The molecule has 0 bridgehead atoms. The van der Waals surface area contributed by atoms with Crippen molar-refractivity contribution in [2.75, 3.05) is 6.54 Å². The van der Waals surface area contributed by atoms with Crippen molar-refractivity contribution in [1.29, 1.82) is 0 Å². The Labute approximate surface area is 134 Å². The van der Waals surface area contributed by atoms with Crippen LogP contribution < -0.4 is 15.2 Å². The Morgan fingerprint density at radius 2 is 1.62 bits per heavy atom. The van der Waals surface area contributed by atoms with Gasteiger partial charge in [0.2, 0.25) is 0 Å². The quantitative estimate of drug-likeness (QED) is 0.865. The van der Waals surface area contributed by atoms with Gasteiger partial charge in [0.1, 0.15) is 0 Å². The van der Waals surface area contributed by atoms with Crippen LogP contribution >= 0.6 is 15.9 Å². The number of rotatable bonds is 2. The van der Waals surface area contributed by atoms with Gasteiger partial charge in [0.15, 0.2) is 11.5 Å². The highest BCUT2D eigenvalue weighted by Gasteiger charge is 2.48. The first-order chi connectivity index (χ1) is 10.2. The van der Waals surface area contributed by atoms with Crippen molar-refractivity contribution in [3.63, 3.8) is 0 Å². The Bertz CT molecular complexity index is 562. The zero-order chi connectivity index (χ0) is 14.5. The van der Waals surface area contributed by atoms with Gasteiger partial charge in [-0.25, -0.2) is 0 Å². The molecule has 0 unspecified atom stereocenters. The molecule has 1 aromatic carbocycles. The van der Waals surface area contributed by atoms with Crippen molar-refractivity contribution >= 4 is 15.9 Å². The summed E-state index contributed by atoms with van der Waals surface area (Å²) in [4.78, 5) is 0. The van der Waals surface area contributed by atoms with Gasteiger partial charge in [0, 0.05) is 29.3 Å². The van der Waals surface area contributed by atoms with E-state index in [4.69, 9.17) is 15.2 Å². The summed E-state index contributed by atoms with van der Waals surface area (Å²) >= 11 is 3.75. The second kappa shape index (κ2) is 4.88. The fraction of sp³-hybridized carbons (Fsp3) is 0.647. The Kier molecular flexibility index (Phi) is 3.23. The number of hydrogen-bond donors (Lipinski definition) is 1. The van der Waals surface area contributed by atoms with Gasteiger partial charge in [0.05, 0.1) is 0 Å². The molecule has 0 aromatic heterocycles. The Hall–Kier alpha value is -0.740. The van der Waals surface area contributed by atoms with E-state index >= 15 is 0 Å². The lowest BCUT2D eigenvalue weighted by Gasteiger charge is -2.37. The number of hydrogen-bond acceptors (Lipinski definition) is 3. The third-order valence-electron chi connectivity index (χ3n) is 5.51. The summed E-state index contributed by atoms with van der Waals surface area (Å²) in [6.45, 7) is 0.705. The summed E-state index contributed by atoms with van der Waals surface area (Å²) in [5.41, 5.74) is 7.59. The lowest BCUT2D eigenvalue weighted by atomic mass is 9.69. The molecule has 1 aliphatic heterocycles. The fourth-order valence-corrected chi connectivity index (χ4v) is 4.75. The van der Waals surface area contributed by atoms with Crippen LogP contribution in [0.1, 0.15) is 56.9 Å². The van der Waals surface area contributed by atoms with E-state index in [1.807, 2.05) is 0 Å². The normalized spacial score (nSPS) is 24.9. The number of benzene rings is 1. The van der Waals surface area contributed by atoms with Gasteiger partial charge in [-0.3, -0.25) is 0 Å². The molecule has 2 aliphatic carbocycles. The van der Waals surface area contributed by atoms with E-state index in [9.17, 15) is 0 Å². The van der Waals surface area contributed by atoms with Crippen molar-refractivity contribution in [3.05, 3.63) is 22.2 Å². The number of nitrogens with two attached hydrogens (primary N) is 1. The third-order valence-corrected chi connectivity index (χ3v) is 6.17. The number of halogens is 1. The van der Waals surface area contributed by atoms with Crippen LogP contribution in [0, 0.1) is 0 Å². The minimum Gasteiger partial charge on any atom is -0.448 e. The first-order valence-corrected chi connectivity index (χ1v) is 8.88. The minimum atomic E-state index is -0.358. The molecule has 0 saturated heterocycles. The van der Waals surface area contributed by atoms with E-state index in [2.05, 4.69) is 28.1 Å². The minimum absolute atomic E-state index is 0.102. The Morgan fingerprint density at radius 3 is 2.19 bits per heavy atom.